The first kappa shape index (κ1) is 22.0. The number of aromatic hydroxyl groups is 1. The molecule has 144 valence electrons. The fourth-order valence-electron chi connectivity index (χ4n) is 3.12. The van der Waals surface area contributed by atoms with Crippen LogP contribution in [0.25, 0.3) is 0 Å². The highest BCUT2D eigenvalue weighted by molar-refractivity contribution is 5.49. The lowest BCUT2D eigenvalue weighted by atomic mass is 9.78. The van der Waals surface area contributed by atoms with Crippen LogP contribution in [-0.2, 0) is 26.9 Å². The third-order valence-corrected chi connectivity index (χ3v) is 4.51. The van der Waals surface area contributed by atoms with Crippen molar-refractivity contribution in [2.75, 3.05) is 20.3 Å². The molecule has 3 nitrogen and oxygen atoms in total. The predicted molar refractivity (Wildman–Crippen MR) is 105 cm³/mol. The van der Waals surface area contributed by atoms with Gasteiger partial charge in [0.25, 0.3) is 0 Å². The zero-order valence-corrected chi connectivity index (χ0v) is 17.5. The molecule has 0 aliphatic rings. The minimum atomic E-state index is -0.110. The maximum absolute atomic E-state index is 10.8. The monoisotopic (exact) mass is 350 g/mol. The summed E-state index contributed by atoms with van der Waals surface area (Å²) in [7, 11) is 1.74. The summed E-state index contributed by atoms with van der Waals surface area (Å²) >= 11 is 0. The normalized spacial score (nSPS) is 13.9. The van der Waals surface area contributed by atoms with Gasteiger partial charge in [0, 0.05) is 13.0 Å². The van der Waals surface area contributed by atoms with E-state index in [1.54, 1.807) is 7.11 Å². The molecule has 0 aliphatic carbocycles. The van der Waals surface area contributed by atoms with Gasteiger partial charge in [-0.3, -0.25) is 0 Å². The summed E-state index contributed by atoms with van der Waals surface area (Å²) < 4.78 is 11.3. The smallest absolute Gasteiger partial charge is 0.123 e. The fourth-order valence-corrected chi connectivity index (χ4v) is 3.12. The summed E-state index contributed by atoms with van der Waals surface area (Å²) in [6, 6.07) is 4.19. The van der Waals surface area contributed by atoms with Crippen LogP contribution in [0.3, 0.4) is 0 Å². The molecule has 0 aromatic heterocycles. The van der Waals surface area contributed by atoms with Crippen LogP contribution in [0.15, 0.2) is 12.1 Å². The molecule has 1 rings (SSSR count). The Labute approximate surface area is 154 Å². The molecule has 1 aromatic rings. The van der Waals surface area contributed by atoms with Crippen molar-refractivity contribution in [3.05, 3.63) is 28.8 Å². The lowest BCUT2D eigenvalue weighted by Crippen LogP contribution is -2.19. The number of phenolic OH excluding ortho intramolecular Hbond substituents is 1. The molecule has 0 saturated heterocycles. The highest BCUT2D eigenvalue weighted by Crippen LogP contribution is 2.39. The molecule has 0 heterocycles. The molecule has 0 saturated carbocycles. The average Bonchev–Trinajstić information content (AvgIpc) is 2.46. The highest BCUT2D eigenvalue weighted by atomic mass is 16.5. The molecule has 1 aromatic carbocycles. The molecule has 0 fully saturated rings. The summed E-state index contributed by atoms with van der Waals surface area (Å²) in [4.78, 5) is 0. The topological polar surface area (TPSA) is 38.7 Å². The second-order valence-electron chi connectivity index (χ2n) is 9.16. The van der Waals surface area contributed by atoms with E-state index in [9.17, 15) is 5.11 Å². The van der Waals surface area contributed by atoms with Gasteiger partial charge < -0.3 is 14.6 Å². The van der Waals surface area contributed by atoms with Crippen LogP contribution in [0.4, 0.5) is 0 Å². The van der Waals surface area contributed by atoms with Crippen molar-refractivity contribution < 1.29 is 14.6 Å². The van der Waals surface area contributed by atoms with Crippen molar-refractivity contribution in [2.24, 2.45) is 5.92 Å². The van der Waals surface area contributed by atoms with E-state index in [0.717, 1.165) is 36.1 Å². The van der Waals surface area contributed by atoms with E-state index in [1.165, 1.54) is 0 Å². The third kappa shape index (κ3) is 6.63. The molecule has 0 aliphatic heterocycles. The molecule has 1 unspecified atom stereocenters. The molecule has 1 N–H and O–H groups in total. The largest absolute Gasteiger partial charge is 0.507 e. The van der Waals surface area contributed by atoms with Crippen LogP contribution < -0.4 is 0 Å². The first-order valence-electron chi connectivity index (χ1n) is 9.44. The van der Waals surface area contributed by atoms with Crippen molar-refractivity contribution in [3.8, 4) is 5.75 Å². The van der Waals surface area contributed by atoms with Gasteiger partial charge in [-0.1, -0.05) is 54.9 Å². The van der Waals surface area contributed by atoms with E-state index in [2.05, 4.69) is 60.6 Å². The second-order valence-corrected chi connectivity index (χ2v) is 9.16. The van der Waals surface area contributed by atoms with E-state index in [0.29, 0.717) is 24.9 Å². The number of methoxy groups -OCH3 is 1. The van der Waals surface area contributed by atoms with Gasteiger partial charge in [-0.15, -0.1) is 0 Å². The SMILES string of the molecule is CCCC(COC)COCc1cc(C(C)(C)C)c(O)c(C(C)(C)C)c1. The zero-order valence-electron chi connectivity index (χ0n) is 17.5. The maximum atomic E-state index is 10.8. The number of hydrogen-bond donors (Lipinski definition) is 1. The van der Waals surface area contributed by atoms with Gasteiger partial charge in [-0.05, 0) is 46.1 Å². The van der Waals surface area contributed by atoms with Crippen molar-refractivity contribution in [2.45, 2.75) is 78.7 Å². The molecule has 1 atom stereocenters. The highest BCUT2D eigenvalue weighted by Gasteiger charge is 2.26. The first-order valence-corrected chi connectivity index (χ1v) is 9.44. The Morgan fingerprint density at radius 1 is 0.960 bits per heavy atom. The average molecular weight is 351 g/mol. The Hall–Kier alpha value is -1.06. The number of rotatable bonds is 8. The number of benzene rings is 1. The van der Waals surface area contributed by atoms with Crippen LogP contribution in [0, 0.1) is 5.92 Å². The lowest BCUT2D eigenvalue weighted by Gasteiger charge is -2.28. The van der Waals surface area contributed by atoms with Gasteiger partial charge in [0.15, 0.2) is 0 Å². The van der Waals surface area contributed by atoms with Crippen molar-refractivity contribution in [1.82, 2.24) is 0 Å². The van der Waals surface area contributed by atoms with Gasteiger partial charge in [-0.2, -0.15) is 0 Å². The molecule has 3 heteroatoms. The van der Waals surface area contributed by atoms with Crippen molar-refractivity contribution in [1.29, 1.82) is 0 Å². The van der Waals surface area contributed by atoms with E-state index in [-0.39, 0.29) is 10.8 Å². The number of ether oxygens (including phenoxy) is 2. The summed E-state index contributed by atoms with van der Waals surface area (Å²) in [5.74, 6) is 0.864. The summed E-state index contributed by atoms with van der Waals surface area (Å²) in [6.45, 7) is 17.0. The number of hydrogen-bond acceptors (Lipinski definition) is 3. The van der Waals surface area contributed by atoms with E-state index in [1.807, 2.05) is 0 Å². The van der Waals surface area contributed by atoms with Crippen LogP contribution in [0.2, 0.25) is 0 Å². The number of phenols is 1. The Kier molecular flexibility index (Phi) is 7.95. The zero-order chi connectivity index (χ0) is 19.3. The van der Waals surface area contributed by atoms with Crippen LogP contribution in [0.5, 0.6) is 5.75 Å². The molecule has 0 radical (unpaired) electrons. The predicted octanol–water partition coefficient (Wildman–Crippen LogP) is 5.57. The minimum Gasteiger partial charge on any atom is -0.507 e. The van der Waals surface area contributed by atoms with E-state index < -0.39 is 0 Å². The van der Waals surface area contributed by atoms with Crippen molar-refractivity contribution in [3.63, 3.8) is 0 Å². The molecular weight excluding hydrogens is 312 g/mol. The Balaban J connectivity index is 3.00. The van der Waals surface area contributed by atoms with Gasteiger partial charge in [0.1, 0.15) is 5.75 Å². The lowest BCUT2D eigenvalue weighted by molar-refractivity contribution is 0.0456. The van der Waals surface area contributed by atoms with Gasteiger partial charge in [0.05, 0.1) is 19.8 Å². The first-order chi connectivity index (χ1) is 11.5. The van der Waals surface area contributed by atoms with Crippen LogP contribution in [-0.4, -0.2) is 25.4 Å². The molecular formula is C22H38O3. The Morgan fingerprint density at radius 2 is 1.48 bits per heavy atom. The second kappa shape index (κ2) is 9.05. The fraction of sp³-hybridized carbons (Fsp3) is 0.727. The van der Waals surface area contributed by atoms with Gasteiger partial charge in [-0.25, -0.2) is 0 Å². The summed E-state index contributed by atoms with van der Waals surface area (Å²) in [6.07, 6.45) is 2.25. The van der Waals surface area contributed by atoms with Gasteiger partial charge >= 0.3 is 0 Å². The molecule has 25 heavy (non-hydrogen) atoms. The Morgan fingerprint density at radius 3 is 1.88 bits per heavy atom. The van der Waals surface area contributed by atoms with Crippen molar-refractivity contribution >= 4 is 0 Å². The third-order valence-electron chi connectivity index (χ3n) is 4.51. The Bertz CT molecular complexity index is 494. The van der Waals surface area contributed by atoms with Gasteiger partial charge in [0.2, 0.25) is 0 Å². The summed E-state index contributed by atoms with van der Waals surface area (Å²) in [5.41, 5.74) is 2.88. The van der Waals surface area contributed by atoms with Crippen LogP contribution >= 0.6 is 0 Å². The standard InChI is InChI=1S/C22H38O3/c1-9-10-16(13-24-8)14-25-15-17-11-18(21(2,3)4)20(23)19(12-17)22(5,6)7/h11-12,16,23H,9-10,13-15H2,1-8H3. The quantitative estimate of drug-likeness (QED) is 0.666. The molecule has 0 amide bonds. The van der Waals surface area contributed by atoms with E-state index >= 15 is 0 Å². The van der Waals surface area contributed by atoms with E-state index in [4.69, 9.17) is 9.47 Å². The molecule has 0 spiro atoms. The summed E-state index contributed by atoms with van der Waals surface area (Å²) in [5, 5.41) is 10.8. The molecule has 0 bridgehead atoms. The van der Waals surface area contributed by atoms with Crippen LogP contribution in [0.1, 0.15) is 78.0 Å². The minimum absolute atomic E-state index is 0.110. The maximum Gasteiger partial charge on any atom is 0.123 e.